The maximum absolute atomic E-state index is 11.5. The lowest BCUT2D eigenvalue weighted by Gasteiger charge is -2.08. The molecule has 2 N–H and O–H groups in total. The minimum Gasteiger partial charge on any atom is -0.379 e. The quantitative estimate of drug-likeness (QED) is 0.256. The van der Waals surface area contributed by atoms with Crippen LogP contribution in [-0.2, 0) is 33.2 Å². The predicted molar refractivity (Wildman–Crippen MR) is 97.5 cm³/mol. The summed E-state index contributed by atoms with van der Waals surface area (Å²) in [5.41, 5.74) is 0. The maximum Gasteiger partial charge on any atom is 0.246 e. The standard InChI is InChI=1S/C17H36N2O7/c1-3-21-8-9-24-12-13-25-14-15-26-16-17(20)19-5-7-23-11-10-22-6-4-18-2/h18H,3-16H2,1-2H3,(H,19,20). The minimum atomic E-state index is -0.168. The fraction of sp³-hybridized carbons (Fsp3) is 0.941. The molecule has 0 bridgehead atoms. The van der Waals surface area contributed by atoms with Crippen molar-refractivity contribution in [1.29, 1.82) is 0 Å². The van der Waals surface area contributed by atoms with Crippen molar-refractivity contribution in [3.63, 3.8) is 0 Å². The molecule has 0 saturated carbocycles. The van der Waals surface area contributed by atoms with Crippen LogP contribution in [0.15, 0.2) is 0 Å². The summed E-state index contributed by atoms with van der Waals surface area (Å²) in [4.78, 5) is 11.5. The zero-order chi connectivity index (χ0) is 19.1. The first kappa shape index (κ1) is 25.2. The second kappa shape index (κ2) is 22.2. The van der Waals surface area contributed by atoms with Crippen LogP contribution in [0.4, 0.5) is 0 Å². The number of nitrogens with one attached hydrogen (secondary N) is 2. The van der Waals surface area contributed by atoms with Crippen LogP contribution >= 0.6 is 0 Å². The summed E-state index contributed by atoms with van der Waals surface area (Å²) in [5, 5.41) is 5.71. The molecular weight excluding hydrogens is 344 g/mol. The van der Waals surface area contributed by atoms with Crippen molar-refractivity contribution in [2.24, 2.45) is 0 Å². The van der Waals surface area contributed by atoms with Crippen molar-refractivity contribution in [3.8, 4) is 0 Å². The topological polar surface area (TPSA) is 96.5 Å². The first-order chi connectivity index (χ1) is 12.8. The largest absolute Gasteiger partial charge is 0.379 e. The Morgan fingerprint density at radius 3 is 1.65 bits per heavy atom. The molecule has 9 nitrogen and oxygen atoms in total. The zero-order valence-corrected chi connectivity index (χ0v) is 16.3. The van der Waals surface area contributed by atoms with Crippen molar-refractivity contribution >= 4 is 5.91 Å². The van der Waals surface area contributed by atoms with E-state index in [1.165, 1.54) is 0 Å². The van der Waals surface area contributed by atoms with E-state index >= 15 is 0 Å². The first-order valence-electron chi connectivity index (χ1n) is 9.19. The van der Waals surface area contributed by atoms with Gasteiger partial charge in [0.25, 0.3) is 0 Å². The lowest BCUT2D eigenvalue weighted by Crippen LogP contribution is -2.31. The summed E-state index contributed by atoms with van der Waals surface area (Å²) in [6, 6.07) is 0. The number of hydrogen-bond donors (Lipinski definition) is 2. The molecule has 0 aliphatic rings. The van der Waals surface area contributed by atoms with E-state index in [1.54, 1.807) is 0 Å². The van der Waals surface area contributed by atoms with Gasteiger partial charge in [-0.2, -0.15) is 0 Å². The van der Waals surface area contributed by atoms with Crippen molar-refractivity contribution in [1.82, 2.24) is 10.6 Å². The normalized spacial score (nSPS) is 11.0. The number of ether oxygens (including phenoxy) is 6. The number of rotatable bonds is 21. The Labute approximate surface area is 157 Å². The van der Waals surface area contributed by atoms with Crippen LogP contribution in [0, 0.1) is 0 Å². The smallest absolute Gasteiger partial charge is 0.246 e. The molecule has 0 atom stereocenters. The van der Waals surface area contributed by atoms with Crippen molar-refractivity contribution in [2.45, 2.75) is 6.92 Å². The second-order valence-electron chi connectivity index (χ2n) is 5.15. The third kappa shape index (κ3) is 21.2. The summed E-state index contributed by atoms with van der Waals surface area (Å²) < 4.78 is 31.6. The van der Waals surface area contributed by atoms with E-state index in [2.05, 4.69) is 10.6 Å². The van der Waals surface area contributed by atoms with Crippen LogP contribution in [0.5, 0.6) is 0 Å². The lowest BCUT2D eigenvalue weighted by atomic mass is 10.6. The van der Waals surface area contributed by atoms with E-state index in [9.17, 15) is 4.79 Å². The number of carbonyl (C=O) groups excluding carboxylic acids is 1. The molecule has 0 aromatic rings. The summed E-state index contributed by atoms with van der Waals surface area (Å²) in [6.07, 6.45) is 0. The van der Waals surface area contributed by atoms with Gasteiger partial charge in [0.1, 0.15) is 6.61 Å². The molecule has 156 valence electrons. The highest BCUT2D eigenvalue weighted by Crippen LogP contribution is 1.83. The number of likely N-dealkylation sites (N-methyl/N-ethyl adjacent to an activating group) is 1. The number of amides is 1. The summed E-state index contributed by atoms with van der Waals surface area (Å²) in [7, 11) is 1.88. The molecule has 0 unspecified atom stereocenters. The Morgan fingerprint density at radius 2 is 1.12 bits per heavy atom. The predicted octanol–water partition coefficient (Wildman–Crippen LogP) is -0.558. The Hall–Kier alpha value is -0.810. The van der Waals surface area contributed by atoms with Crippen LogP contribution in [0.25, 0.3) is 0 Å². The first-order valence-corrected chi connectivity index (χ1v) is 9.19. The lowest BCUT2D eigenvalue weighted by molar-refractivity contribution is -0.126. The molecule has 0 radical (unpaired) electrons. The average Bonchev–Trinajstić information content (AvgIpc) is 2.64. The molecule has 0 aromatic carbocycles. The molecule has 0 heterocycles. The molecule has 9 heteroatoms. The summed E-state index contributed by atoms with van der Waals surface area (Å²) in [6.45, 7) is 9.11. The molecule has 0 rings (SSSR count). The minimum absolute atomic E-state index is 0.0152. The van der Waals surface area contributed by atoms with E-state index in [-0.39, 0.29) is 12.5 Å². The third-order valence-corrected chi connectivity index (χ3v) is 2.99. The number of hydrogen-bond acceptors (Lipinski definition) is 8. The van der Waals surface area contributed by atoms with E-state index in [0.29, 0.717) is 79.2 Å². The SMILES string of the molecule is CCOCCOCCOCCOCC(=O)NCCOCCOCCNC. The van der Waals surface area contributed by atoms with Gasteiger partial charge in [-0.05, 0) is 14.0 Å². The van der Waals surface area contributed by atoms with Crippen molar-refractivity contribution in [2.75, 3.05) is 99.4 Å². The van der Waals surface area contributed by atoms with Crippen LogP contribution in [0.1, 0.15) is 6.92 Å². The van der Waals surface area contributed by atoms with E-state index in [1.807, 2.05) is 14.0 Å². The van der Waals surface area contributed by atoms with Gasteiger partial charge < -0.3 is 39.1 Å². The summed E-state index contributed by atoms with van der Waals surface area (Å²) >= 11 is 0. The molecule has 0 saturated heterocycles. The van der Waals surface area contributed by atoms with Gasteiger partial charge in [-0.25, -0.2) is 0 Å². The molecule has 0 aliphatic heterocycles. The maximum atomic E-state index is 11.5. The fourth-order valence-electron chi connectivity index (χ4n) is 1.68. The highest BCUT2D eigenvalue weighted by atomic mass is 16.6. The highest BCUT2D eigenvalue weighted by molar-refractivity contribution is 5.77. The molecule has 0 fully saturated rings. The van der Waals surface area contributed by atoms with Gasteiger partial charge in [0.2, 0.25) is 5.91 Å². The van der Waals surface area contributed by atoms with E-state index in [0.717, 1.165) is 6.54 Å². The third-order valence-electron chi connectivity index (χ3n) is 2.99. The fourth-order valence-corrected chi connectivity index (χ4v) is 1.68. The van der Waals surface area contributed by atoms with Crippen LogP contribution in [-0.4, -0.2) is 105 Å². The Kier molecular flexibility index (Phi) is 21.5. The van der Waals surface area contributed by atoms with Crippen molar-refractivity contribution < 1.29 is 33.2 Å². The van der Waals surface area contributed by atoms with Crippen LogP contribution in [0.2, 0.25) is 0 Å². The molecule has 0 aliphatic carbocycles. The number of carbonyl (C=O) groups is 1. The monoisotopic (exact) mass is 380 g/mol. The van der Waals surface area contributed by atoms with E-state index < -0.39 is 0 Å². The molecule has 0 spiro atoms. The summed E-state index contributed by atoms with van der Waals surface area (Å²) in [5.74, 6) is -0.168. The van der Waals surface area contributed by atoms with Crippen LogP contribution in [0.3, 0.4) is 0 Å². The van der Waals surface area contributed by atoms with Gasteiger partial charge in [0.05, 0.1) is 66.1 Å². The highest BCUT2D eigenvalue weighted by Gasteiger charge is 2.00. The van der Waals surface area contributed by atoms with Gasteiger partial charge in [-0.15, -0.1) is 0 Å². The van der Waals surface area contributed by atoms with Gasteiger partial charge in [-0.3, -0.25) is 4.79 Å². The van der Waals surface area contributed by atoms with Gasteiger partial charge in [0, 0.05) is 19.7 Å². The Balaban J connectivity index is 3.13. The van der Waals surface area contributed by atoms with Crippen LogP contribution < -0.4 is 10.6 Å². The molecule has 0 aromatic heterocycles. The van der Waals surface area contributed by atoms with E-state index in [4.69, 9.17) is 28.4 Å². The zero-order valence-electron chi connectivity index (χ0n) is 16.3. The van der Waals surface area contributed by atoms with Crippen molar-refractivity contribution in [3.05, 3.63) is 0 Å². The second-order valence-corrected chi connectivity index (χ2v) is 5.15. The Bertz CT molecular complexity index is 296. The average molecular weight is 380 g/mol. The molecule has 26 heavy (non-hydrogen) atoms. The van der Waals surface area contributed by atoms with Gasteiger partial charge in [0.15, 0.2) is 0 Å². The molecular formula is C17H36N2O7. The van der Waals surface area contributed by atoms with Gasteiger partial charge >= 0.3 is 0 Å². The molecule has 1 amide bonds. The Morgan fingerprint density at radius 1 is 0.654 bits per heavy atom. The van der Waals surface area contributed by atoms with Gasteiger partial charge in [-0.1, -0.05) is 0 Å².